The zero-order valence-corrected chi connectivity index (χ0v) is 18.9. The van der Waals surface area contributed by atoms with Crippen LogP contribution in [0.4, 0.5) is 5.69 Å². The van der Waals surface area contributed by atoms with Crippen molar-refractivity contribution in [3.63, 3.8) is 0 Å². The maximum Gasteiger partial charge on any atom is 0.193 e. The number of hydrogen-bond acceptors (Lipinski definition) is 3. The van der Waals surface area contributed by atoms with E-state index in [2.05, 4.69) is 73.2 Å². The summed E-state index contributed by atoms with van der Waals surface area (Å²) in [6.07, 6.45) is 1.03. The molecule has 0 atom stereocenters. The second-order valence-corrected chi connectivity index (χ2v) is 6.79. The van der Waals surface area contributed by atoms with E-state index in [1.165, 1.54) is 11.4 Å². The van der Waals surface area contributed by atoms with Gasteiger partial charge in [0.1, 0.15) is 0 Å². The van der Waals surface area contributed by atoms with Crippen LogP contribution < -0.4 is 10.2 Å². The van der Waals surface area contributed by atoms with Crippen LogP contribution in [0.15, 0.2) is 41.4 Å². The number of nitrogens with zero attached hydrogens (tertiary/aromatic N) is 5. The SMILES string of the molecule is CN=C(NCCCn1nc(C)cc1C)N1CCN(c2ccccc2)CC1.I. The molecule has 0 bridgehead atoms. The molecular weight excluding hydrogens is 451 g/mol. The van der Waals surface area contributed by atoms with Crippen molar-refractivity contribution < 1.29 is 0 Å². The maximum atomic E-state index is 4.52. The van der Waals surface area contributed by atoms with Crippen LogP contribution in [0.1, 0.15) is 17.8 Å². The average Bonchev–Trinajstić information content (AvgIpc) is 3.00. The van der Waals surface area contributed by atoms with Gasteiger partial charge < -0.3 is 15.1 Å². The number of aryl methyl sites for hydroxylation is 3. The molecule has 0 radical (unpaired) electrons. The zero-order chi connectivity index (χ0) is 18.4. The fourth-order valence-electron chi connectivity index (χ4n) is 3.48. The van der Waals surface area contributed by atoms with Crippen molar-refractivity contribution in [3.8, 4) is 0 Å². The normalized spacial score (nSPS) is 14.9. The van der Waals surface area contributed by atoms with Gasteiger partial charge in [0.25, 0.3) is 0 Å². The summed E-state index contributed by atoms with van der Waals surface area (Å²) < 4.78 is 2.08. The lowest BCUT2D eigenvalue weighted by Crippen LogP contribution is -2.52. The lowest BCUT2D eigenvalue weighted by Gasteiger charge is -2.37. The Bertz CT molecular complexity index is 719. The number of para-hydroxylation sites is 1. The third-order valence-corrected chi connectivity index (χ3v) is 4.85. The number of hydrogen-bond donors (Lipinski definition) is 1. The lowest BCUT2D eigenvalue weighted by atomic mass is 10.2. The van der Waals surface area contributed by atoms with Gasteiger partial charge in [0.15, 0.2) is 5.96 Å². The van der Waals surface area contributed by atoms with Gasteiger partial charge in [-0.3, -0.25) is 9.67 Å². The van der Waals surface area contributed by atoms with E-state index in [4.69, 9.17) is 0 Å². The largest absolute Gasteiger partial charge is 0.368 e. The highest BCUT2D eigenvalue weighted by Crippen LogP contribution is 2.15. The molecule has 1 aromatic carbocycles. The van der Waals surface area contributed by atoms with Gasteiger partial charge in [-0.25, -0.2) is 0 Å². The monoisotopic (exact) mass is 482 g/mol. The van der Waals surface area contributed by atoms with Crippen LogP contribution in [-0.4, -0.2) is 60.4 Å². The molecule has 1 aliphatic heterocycles. The summed E-state index contributed by atoms with van der Waals surface area (Å²) in [5.41, 5.74) is 3.62. The van der Waals surface area contributed by atoms with Crippen LogP contribution in [0.3, 0.4) is 0 Å². The molecule has 0 amide bonds. The molecule has 0 saturated carbocycles. The summed E-state index contributed by atoms with van der Waals surface area (Å²) in [6, 6.07) is 12.8. The molecule has 2 heterocycles. The molecule has 1 aliphatic rings. The summed E-state index contributed by atoms with van der Waals surface area (Å²) >= 11 is 0. The first-order chi connectivity index (χ1) is 12.7. The third-order valence-electron chi connectivity index (χ3n) is 4.85. The van der Waals surface area contributed by atoms with Crippen LogP contribution in [0, 0.1) is 13.8 Å². The molecule has 1 fully saturated rings. The highest BCUT2D eigenvalue weighted by atomic mass is 127. The van der Waals surface area contributed by atoms with Crippen molar-refractivity contribution in [2.75, 3.05) is 44.7 Å². The Balaban J connectivity index is 0.00000261. The Morgan fingerprint density at radius 1 is 1.11 bits per heavy atom. The predicted octanol–water partition coefficient (Wildman–Crippen LogP) is 2.91. The number of rotatable bonds is 5. The Kier molecular flexibility index (Phi) is 8.40. The third kappa shape index (κ3) is 5.85. The van der Waals surface area contributed by atoms with Crippen molar-refractivity contribution in [1.82, 2.24) is 20.0 Å². The van der Waals surface area contributed by atoms with Gasteiger partial charge in [-0.2, -0.15) is 5.10 Å². The first-order valence-corrected chi connectivity index (χ1v) is 9.44. The van der Waals surface area contributed by atoms with Crippen molar-refractivity contribution in [3.05, 3.63) is 47.8 Å². The van der Waals surface area contributed by atoms with Crippen molar-refractivity contribution in [2.45, 2.75) is 26.8 Å². The minimum Gasteiger partial charge on any atom is -0.368 e. The van der Waals surface area contributed by atoms with Crippen LogP contribution >= 0.6 is 24.0 Å². The highest BCUT2D eigenvalue weighted by molar-refractivity contribution is 14.0. The summed E-state index contributed by atoms with van der Waals surface area (Å²) in [7, 11) is 1.87. The van der Waals surface area contributed by atoms with E-state index in [0.29, 0.717) is 0 Å². The summed E-state index contributed by atoms with van der Waals surface area (Å²) in [5.74, 6) is 1.01. The second-order valence-electron chi connectivity index (χ2n) is 6.79. The van der Waals surface area contributed by atoms with Crippen LogP contribution in [0.25, 0.3) is 0 Å². The number of aliphatic imine (C=N–C) groups is 1. The van der Waals surface area contributed by atoms with E-state index in [9.17, 15) is 0 Å². The lowest BCUT2D eigenvalue weighted by molar-refractivity contribution is 0.371. The van der Waals surface area contributed by atoms with E-state index in [0.717, 1.165) is 57.3 Å². The molecule has 148 valence electrons. The van der Waals surface area contributed by atoms with E-state index < -0.39 is 0 Å². The number of piperazine rings is 1. The van der Waals surface area contributed by atoms with Gasteiger partial charge in [0.05, 0.1) is 5.69 Å². The molecular formula is C20H31IN6. The quantitative estimate of drug-likeness (QED) is 0.308. The van der Waals surface area contributed by atoms with Crippen LogP contribution in [0.5, 0.6) is 0 Å². The topological polar surface area (TPSA) is 48.7 Å². The molecule has 3 rings (SSSR count). The molecule has 1 aromatic heterocycles. The molecule has 0 aliphatic carbocycles. The Labute approximate surface area is 179 Å². The van der Waals surface area contributed by atoms with E-state index in [1.54, 1.807) is 0 Å². The fourth-order valence-corrected chi connectivity index (χ4v) is 3.48. The van der Waals surface area contributed by atoms with Crippen molar-refractivity contribution in [1.29, 1.82) is 0 Å². The van der Waals surface area contributed by atoms with Crippen molar-refractivity contribution in [2.24, 2.45) is 4.99 Å². The smallest absolute Gasteiger partial charge is 0.193 e. The summed E-state index contributed by atoms with van der Waals surface area (Å²) in [4.78, 5) is 9.25. The summed E-state index contributed by atoms with van der Waals surface area (Å²) in [5, 5.41) is 8.02. The minimum atomic E-state index is 0. The van der Waals surface area contributed by atoms with Crippen LogP contribution in [-0.2, 0) is 6.54 Å². The van der Waals surface area contributed by atoms with E-state index >= 15 is 0 Å². The number of nitrogens with one attached hydrogen (secondary N) is 1. The molecule has 0 unspecified atom stereocenters. The van der Waals surface area contributed by atoms with Gasteiger partial charge >= 0.3 is 0 Å². The van der Waals surface area contributed by atoms with Gasteiger partial charge in [0.2, 0.25) is 0 Å². The Morgan fingerprint density at radius 3 is 2.41 bits per heavy atom. The van der Waals surface area contributed by atoms with Crippen LogP contribution in [0.2, 0.25) is 0 Å². The first kappa shape index (κ1) is 21.5. The van der Waals surface area contributed by atoms with Gasteiger partial charge in [0, 0.05) is 57.7 Å². The van der Waals surface area contributed by atoms with E-state index in [-0.39, 0.29) is 24.0 Å². The number of guanidine groups is 1. The fraction of sp³-hybridized carbons (Fsp3) is 0.500. The Hall–Kier alpha value is -1.77. The minimum absolute atomic E-state index is 0. The Morgan fingerprint density at radius 2 is 1.81 bits per heavy atom. The van der Waals surface area contributed by atoms with Gasteiger partial charge in [-0.15, -0.1) is 24.0 Å². The first-order valence-electron chi connectivity index (χ1n) is 9.44. The molecule has 7 heteroatoms. The number of halogens is 1. The molecule has 1 N–H and O–H groups in total. The number of anilines is 1. The second kappa shape index (κ2) is 10.5. The highest BCUT2D eigenvalue weighted by Gasteiger charge is 2.19. The molecule has 1 saturated heterocycles. The predicted molar refractivity (Wildman–Crippen MR) is 123 cm³/mol. The molecule has 27 heavy (non-hydrogen) atoms. The molecule has 6 nitrogen and oxygen atoms in total. The molecule has 2 aromatic rings. The van der Waals surface area contributed by atoms with Crippen molar-refractivity contribution >= 4 is 35.6 Å². The van der Waals surface area contributed by atoms with E-state index in [1.807, 2.05) is 14.0 Å². The zero-order valence-electron chi connectivity index (χ0n) is 16.6. The maximum absolute atomic E-state index is 4.52. The standard InChI is InChI=1S/C20H30N6.HI/c1-17-16-18(2)26(23-17)11-7-10-22-20(21-3)25-14-12-24(13-15-25)19-8-5-4-6-9-19;/h4-6,8-9,16H,7,10-15H2,1-3H3,(H,21,22);1H. The number of benzene rings is 1. The average molecular weight is 482 g/mol. The molecule has 0 spiro atoms. The summed E-state index contributed by atoms with van der Waals surface area (Å²) in [6.45, 7) is 10.0. The van der Waals surface area contributed by atoms with Gasteiger partial charge in [-0.05, 0) is 38.5 Å². The number of aromatic nitrogens is 2. The van der Waals surface area contributed by atoms with Gasteiger partial charge in [-0.1, -0.05) is 18.2 Å².